The summed E-state index contributed by atoms with van der Waals surface area (Å²) in [7, 11) is 0. The molecule has 1 aromatic carbocycles. The molecule has 0 aliphatic heterocycles. The topological polar surface area (TPSA) is 62.2 Å². The Hall–Kier alpha value is -1.63. The summed E-state index contributed by atoms with van der Waals surface area (Å²) >= 11 is 2.01. The largest absolute Gasteiger partial charge is 0.507 e. The van der Waals surface area contributed by atoms with E-state index >= 15 is 0 Å². The smallest absolute Gasteiger partial charge is 0.251 e. The van der Waals surface area contributed by atoms with E-state index in [-0.39, 0.29) is 11.7 Å². The van der Waals surface area contributed by atoms with Crippen molar-refractivity contribution in [2.24, 2.45) is 0 Å². The maximum absolute atomic E-state index is 12.0. The van der Waals surface area contributed by atoms with Crippen molar-refractivity contribution in [1.82, 2.24) is 10.3 Å². The summed E-state index contributed by atoms with van der Waals surface area (Å²) in [6, 6.07) is 8.77. The first-order valence-corrected chi connectivity index (χ1v) is 7.39. The summed E-state index contributed by atoms with van der Waals surface area (Å²) in [4.78, 5) is 16.3. The van der Waals surface area contributed by atoms with Crippen LogP contribution in [0.2, 0.25) is 0 Å². The summed E-state index contributed by atoms with van der Waals surface area (Å²) in [5.41, 5.74) is 2.44. The molecule has 0 spiro atoms. The summed E-state index contributed by atoms with van der Waals surface area (Å²) in [5.74, 6) is -0.102. The highest BCUT2D eigenvalue weighted by Crippen LogP contribution is 2.20. The molecule has 20 heavy (non-hydrogen) atoms. The van der Waals surface area contributed by atoms with Crippen LogP contribution < -0.4 is 5.32 Å². The number of nitrogens with zero attached hydrogens (tertiary/aromatic N) is 1. The van der Waals surface area contributed by atoms with Crippen LogP contribution in [0, 0.1) is 3.57 Å². The number of carbonyl (C=O) groups excluding carboxylic acids is 1. The van der Waals surface area contributed by atoms with Gasteiger partial charge in [0.05, 0.1) is 15.8 Å². The number of pyridine rings is 1. The Balaban J connectivity index is 2.06. The van der Waals surface area contributed by atoms with Crippen molar-refractivity contribution >= 4 is 28.5 Å². The molecular formula is C15H15IN2O2. The number of hydrogen-bond donors (Lipinski definition) is 2. The van der Waals surface area contributed by atoms with Crippen LogP contribution in [0.5, 0.6) is 5.75 Å². The monoisotopic (exact) mass is 382 g/mol. The van der Waals surface area contributed by atoms with Crippen LogP contribution in [0.3, 0.4) is 0 Å². The van der Waals surface area contributed by atoms with Crippen LogP contribution in [0.15, 0.2) is 36.5 Å². The molecule has 0 saturated carbocycles. The standard InChI is InChI=1S/C15H15IN2O2/c1-2-10-4-3-7-17-13(10)9-18-15(20)11-5-6-12(16)14(19)8-11/h3-8,19H,2,9H2,1H3,(H,18,20). The first kappa shape index (κ1) is 14.8. The number of rotatable bonds is 4. The van der Waals surface area contributed by atoms with E-state index in [1.165, 1.54) is 6.07 Å². The average Bonchev–Trinajstić information content (AvgIpc) is 2.47. The summed E-state index contributed by atoms with van der Waals surface area (Å²) < 4.78 is 0.720. The second-order valence-corrected chi connectivity index (χ2v) is 5.47. The van der Waals surface area contributed by atoms with Gasteiger partial charge in [0.2, 0.25) is 0 Å². The molecule has 0 bridgehead atoms. The van der Waals surface area contributed by atoms with Crippen LogP contribution in [0.1, 0.15) is 28.5 Å². The lowest BCUT2D eigenvalue weighted by Gasteiger charge is -2.09. The maximum atomic E-state index is 12.0. The molecule has 5 heteroatoms. The third kappa shape index (κ3) is 3.47. The number of benzene rings is 1. The van der Waals surface area contributed by atoms with E-state index in [9.17, 15) is 9.90 Å². The second kappa shape index (κ2) is 6.69. The van der Waals surface area contributed by atoms with Gasteiger partial charge in [-0.1, -0.05) is 13.0 Å². The summed E-state index contributed by atoms with van der Waals surface area (Å²) in [5, 5.41) is 12.4. The number of amides is 1. The first-order valence-electron chi connectivity index (χ1n) is 6.31. The average molecular weight is 382 g/mol. The van der Waals surface area contributed by atoms with E-state index in [0.29, 0.717) is 12.1 Å². The zero-order chi connectivity index (χ0) is 14.5. The van der Waals surface area contributed by atoms with E-state index in [0.717, 1.165) is 21.2 Å². The molecule has 2 N–H and O–H groups in total. The number of phenolic OH excluding ortho intramolecular Hbond substituents is 1. The van der Waals surface area contributed by atoms with Gasteiger partial charge in [-0.25, -0.2) is 0 Å². The molecule has 1 aromatic heterocycles. The van der Waals surface area contributed by atoms with Gasteiger partial charge in [-0.05, 0) is 58.8 Å². The number of aryl methyl sites for hydroxylation is 1. The molecule has 0 radical (unpaired) electrons. The fourth-order valence-electron chi connectivity index (χ4n) is 1.87. The van der Waals surface area contributed by atoms with E-state index in [2.05, 4.69) is 17.2 Å². The number of phenols is 1. The zero-order valence-corrected chi connectivity index (χ0v) is 13.2. The SMILES string of the molecule is CCc1cccnc1CNC(=O)c1ccc(I)c(O)c1. The van der Waals surface area contributed by atoms with Crippen LogP contribution in [-0.2, 0) is 13.0 Å². The molecule has 0 saturated heterocycles. The van der Waals surface area contributed by atoms with Gasteiger partial charge >= 0.3 is 0 Å². The first-order chi connectivity index (χ1) is 9.61. The number of aromatic nitrogens is 1. The number of hydrogen-bond acceptors (Lipinski definition) is 3. The molecule has 0 aliphatic rings. The van der Waals surface area contributed by atoms with Crippen LogP contribution in [-0.4, -0.2) is 16.0 Å². The Morgan fingerprint density at radius 2 is 2.20 bits per heavy atom. The Labute approximate surface area is 131 Å². The maximum Gasteiger partial charge on any atom is 0.251 e. The number of halogens is 1. The van der Waals surface area contributed by atoms with Crippen LogP contribution in [0.25, 0.3) is 0 Å². The number of aromatic hydroxyl groups is 1. The van der Waals surface area contributed by atoms with Gasteiger partial charge in [-0.3, -0.25) is 9.78 Å². The molecule has 0 fully saturated rings. The minimum Gasteiger partial charge on any atom is -0.507 e. The van der Waals surface area contributed by atoms with Gasteiger partial charge in [0, 0.05) is 11.8 Å². The fourth-order valence-corrected chi connectivity index (χ4v) is 2.21. The quantitative estimate of drug-likeness (QED) is 0.800. The van der Waals surface area contributed by atoms with Crippen LogP contribution in [0.4, 0.5) is 0 Å². The Morgan fingerprint density at radius 1 is 1.40 bits per heavy atom. The van der Waals surface area contributed by atoms with Gasteiger partial charge in [0.1, 0.15) is 5.75 Å². The molecule has 2 rings (SSSR count). The predicted octanol–water partition coefficient (Wildman–Crippen LogP) is 2.88. The Kier molecular flexibility index (Phi) is 4.94. The second-order valence-electron chi connectivity index (χ2n) is 4.31. The van der Waals surface area contributed by atoms with Gasteiger partial charge in [0.25, 0.3) is 5.91 Å². The van der Waals surface area contributed by atoms with E-state index in [4.69, 9.17) is 0 Å². The van der Waals surface area contributed by atoms with Gasteiger partial charge < -0.3 is 10.4 Å². The molecular weight excluding hydrogens is 367 g/mol. The minimum absolute atomic E-state index is 0.116. The Bertz CT molecular complexity index is 629. The van der Waals surface area contributed by atoms with E-state index in [1.807, 2.05) is 34.7 Å². The Morgan fingerprint density at radius 3 is 2.90 bits per heavy atom. The highest BCUT2D eigenvalue weighted by molar-refractivity contribution is 14.1. The lowest BCUT2D eigenvalue weighted by Crippen LogP contribution is -2.24. The normalized spacial score (nSPS) is 10.3. The molecule has 1 heterocycles. The highest BCUT2D eigenvalue weighted by Gasteiger charge is 2.09. The zero-order valence-electron chi connectivity index (χ0n) is 11.1. The lowest BCUT2D eigenvalue weighted by molar-refractivity contribution is 0.0950. The molecule has 0 aliphatic carbocycles. The van der Waals surface area contributed by atoms with E-state index in [1.54, 1.807) is 18.3 Å². The van der Waals surface area contributed by atoms with Crippen molar-refractivity contribution in [2.45, 2.75) is 19.9 Å². The van der Waals surface area contributed by atoms with Crippen molar-refractivity contribution in [1.29, 1.82) is 0 Å². The lowest BCUT2D eigenvalue weighted by atomic mass is 10.1. The van der Waals surface area contributed by atoms with Crippen molar-refractivity contribution in [3.63, 3.8) is 0 Å². The van der Waals surface area contributed by atoms with Gasteiger partial charge in [0.15, 0.2) is 0 Å². The van der Waals surface area contributed by atoms with Crippen molar-refractivity contribution in [3.8, 4) is 5.75 Å². The predicted molar refractivity (Wildman–Crippen MR) is 85.6 cm³/mol. The molecule has 104 valence electrons. The van der Waals surface area contributed by atoms with Crippen LogP contribution >= 0.6 is 22.6 Å². The van der Waals surface area contributed by atoms with Crippen molar-refractivity contribution in [2.75, 3.05) is 0 Å². The molecule has 1 amide bonds. The fraction of sp³-hybridized carbons (Fsp3) is 0.200. The third-order valence-corrected chi connectivity index (χ3v) is 3.90. The highest BCUT2D eigenvalue weighted by atomic mass is 127. The van der Waals surface area contributed by atoms with Gasteiger partial charge in [-0.15, -0.1) is 0 Å². The molecule has 0 unspecified atom stereocenters. The molecule has 0 atom stereocenters. The summed E-state index contributed by atoms with van der Waals surface area (Å²) in [6.45, 7) is 2.44. The van der Waals surface area contributed by atoms with Crippen molar-refractivity contribution in [3.05, 3.63) is 56.9 Å². The molecule has 2 aromatic rings. The van der Waals surface area contributed by atoms with E-state index < -0.39 is 0 Å². The molecule has 4 nitrogen and oxygen atoms in total. The minimum atomic E-state index is -0.218. The number of carbonyl (C=O) groups is 1. The summed E-state index contributed by atoms with van der Waals surface area (Å²) in [6.07, 6.45) is 2.60. The van der Waals surface area contributed by atoms with Crippen molar-refractivity contribution < 1.29 is 9.90 Å². The third-order valence-electron chi connectivity index (χ3n) is 2.99. The number of nitrogens with one attached hydrogen (secondary N) is 1. The van der Waals surface area contributed by atoms with Gasteiger partial charge in [-0.2, -0.15) is 0 Å².